The molecule has 0 bridgehead atoms. The van der Waals surface area contributed by atoms with E-state index in [0.29, 0.717) is 17.4 Å². The fourth-order valence-corrected chi connectivity index (χ4v) is 1.26. The van der Waals surface area contributed by atoms with E-state index in [0.717, 1.165) is 0 Å². The molecular formula is C7H10O2S. The van der Waals surface area contributed by atoms with Crippen molar-refractivity contribution >= 4 is 23.2 Å². The molecule has 1 aliphatic heterocycles. The average Bonchev–Trinajstić information content (AvgIpc) is 2.10. The third-order valence-corrected chi connectivity index (χ3v) is 1.96. The quantitative estimate of drug-likeness (QED) is 0.427. The summed E-state index contributed by atoms with van der Waals surface area (Å²) < 4.78 is 4.73. The van der Waals surface area contributed by atoms with Crippen molar-refractivity contribution in [2.45, 2.75) is 20.3 Å². The number of rotatable bonds is 1. The molecule has 1 saturated heterocycles. The molecule has 0 aromatic carbocycles. The number of esters is 1. The Morgan fingerprint density at radius 2 is 2.30 bits per heavy atom. The van der Waals surface area contributed by atoms with Gasteiger partial charge in [0.05, 0.1) is 5.92 Å². The van der Waals surface area contributed by atoms with Crippen LogP contribution >= 0.6 is 12.2 Å². The van der Waals surface area contributed by atoms with E-state index in [9.17, 15) is 4.79 Å². The highest BCUT2D eigenvalue weighted by Gasteiger charge is 2.32. The molecule has 0 amide bonds. The van der Waals surface area contributed by atoms with Gasteiger partial charge in [-0.05, 0) is 18.1 Å². The van der Waals surface area contributed by atoms with Crippen LogP contribution in [0.5, 0.6) is 0 Å². The van der Waals surface area contributed by atoms with Gasteiger partial charge in [0.2, 0.25) is 0 Å². The predicted molar refractivity (Wildman–Crippen MR) is 41.6 cm³/mol. The molecule has 10 heavy (non-hydrogen) atoms. The zero-order valence-corrected chi connectivity index (χ0v) is 6.90. The molecule has 1 fully saturated rings. The molecule has 3 heteroatoms. The zero-order valence-electron chi connectivity index (χ0n) is 6.09. The second-order valence-electron chi connectivity index (χ2n) is 2.85. The Hall–Kier alpha value is -0.440. The molecule has 1 atom stereocenters. The molecule has 0 radical (unpaired) electrons. The molecule has 1 unspecified atom stereocenters. The Labute approximate surface area is 65.6 Å². The molecule has 0 saturated carbocycles. The van der Waals surface area contributed by atoms with E-state index in [1.807, 2.05) is 13.8 Å². The minimum absolute atomic E-state index is 0.00694. The van der Waals surface area contributed by atoms with Gasteiger partial charge in [0.1, 0.15) is 0 Å². The van der Waals surface area contributed by atoms with E-state index in [2.05, 4.69) is 0 Å². The van der Waals surface area contributed by atoms with E-state index in [1.54, 1.807) is 0 Å². The summed E-state index contributed by atoms with van der Waals surface area (Å²) in [4.78, 5) is 10.9. The molecule has 1 rings (SSSR count). The number of cyclic esters (lactones) is 1. The molecule has 0 aromatic rings. The average molecular weight is 158 g/mol. The Morgan fingerprint density at radius 3 is 2.50 bits per heavy atom. The van der Waals surface area contributed by atoms with Crippen molar-refractivity contribution < 1.29 is 9.53 Å². The van der Waals surface area contributed by atoms with Crippen molar-refractivity contribution in [3.63, 3.8) is 0 Å². The van der Waals surface area contributed by atoms with Crippen LogP contribution < -0.4 is 0 Å². The smallest absolute Gasteiger partial charge is 0.315 e. The third-order valence-electron chi connectivity index (χ3n) is 1.71. The van der Waals surface area contributed by atoms with E-state index in [-0.39, 0.29) is 11.9 Å². The predicted octanol–water partition coefficient (Wildman–Crippen LogP) is 1.53. The summed E-state index contributed by atoms with van der Waals surface area (Å²) in [5.74, 6) is 0.195. The van der Waals surface area contributed by atoms with Crippen molar-refractivity contribution in [2.75, 3.05) is 0 Å². The Morgan fingerprint density at radius 1 is 1.70 bits per heavy atom. The summed E-state index contributed by atoms with van der Waals surface area (Å²) in [6.45, 7) is 4.00. The topological polar surface area (TPSA) is 26.3 Å². The summed E-state index contributed by atoms with van der Waals surface area (Å²) in [5, 5.41) is 0.448. The van der Waals surface area contributed by atoms with Gasteiger partial charge in [0.25, 0.3) is 0 Å². The van der Waals surface area contributed by atoms with Crippen molar-refractivity contribution in [2.24, 2.45) is 11.8 Å². The first kappa shape index (κ1) is 7.66. The molecule has 0 aliphatic carbocycles. The number of carbonyl (C=O) groups is 1. The molecule has 1 aliphatic rings. The minimum Gasteiger partial charge on any atom is -0.419 e. The second-order valence-corrected chi connectivity index (χ2v) is 3.30. The van der Waals surface area contributed by atoms with E-state index < -0.39 is 0 Å². The first-order chi connectivity index (χ1) is 4.61. The van der Waals surface area contributed by atoms with Gasteiger partial charge in [-0.2, -0.15) is 0 Å². The molecule has 2 nitrogen and oxygen atoms in total. The van der Waals surface area contributed by atoms with Crippen molar-refractivity contribution in [3.05, 3.63) is 0 Å². The summed E-state index contributed by atoms with van der Waals surface area (Å²) >= 11 is 4.75. The molecule has 0 N–H and O–H groups in total. The lowest BCUT2D eigenvalue weighted by Gasteiger charge is -2.06. The highest BCUT2D eigenvalue weighted by Crippen LogP contribution is 2.24. The SMILES string of the molecule is CC(C)C1CC(=S)OC1=O. The first-order valence-electron chi connectivity index (χ1n) is 3.36. The maximum atomic E-state index is 10.9. The first-order valence-corrected chi connectivity index (χ1v) is 3.76. The molecular weight excluding hydrogens is 148 g/mol. The van der Waals surface area contributed by atoms with E-state index >= 15 is 0 Å². The van der Waals surface area contributed by atoms with Crippen molar-refractivity contribution in [3.8, 4) is 0 Å². The highest BCUT2D eigenvalue weighted by atomic mass is 32.1. The molecule has 0 aromatic heterocycles. The maximum absolute atomic E-state index is 10.9. The van der Waals surface area contributed by atoms with Crippen LogP contribution in [0, 0.1) is 11.8 Å². The van der Waals surface area contributed by atoms with Crippen LogP contribution in [-0.2, 0) is 9.53 Å². The number of thiocarbonyl (C=S) groups is 1. The maximum Gasteiger partial charge on any atom is 0.315 e. The lowest BCUT2D eigenvalue weighted by Crippen LogP contribution is -2.13. The molecule has 0 spiro atoms. The molecule has 1 heterocycles. The summed E-state index contributed by atoms with van der Waals surface area (Å²) in [6, 6.07) is 0. The highest BCUT2D eigenvalue weighted by molar-refractivity contribution is 7.80. The Kier molecular flexibility index (Phi) is 2.04. The number of ether oxygens (including phenoxy) is 1. The Balaban J connectivity index is 2.63. The number of hydrogen-bond acceptors (Lipinski definition) is 3. The van der Waals surface area contributed by atoms with Gasteiger partial charge < -0.3 is 4.74 Å². The largest absolute Gasteiger partial charge is 0.419 e. The van der Waals surface area contributed by atoms with Gasteiger partial charge in [0.15, 0.2) is 5.05 Å². The van der Waals surface area contributed by atoms with Crippen LogP contribution in [0.4, 0.5) is 0 Å². The number of hydrogen-bond donors (Lipinski definition) is 0. The van der Waals surface area contributed by atoms with E-state index in [4.69, 9.17) is 17.0 Å². The van der Waals surface area contributed by atoms with Crippen LogP contribution in [-0.4, -0.2) is 11.0 Å². The van der Waals surface area contributed by atoms with Gasteiger partial charge in [-0.15, -0.1) is 0 Å². The second kappa shape index (κ2) is 2.66. The zero-order chi connectivity index (χ0) is 7.72. The lowest BCUT2D eigenvalue weighted by atomic mass is 9.95. The van der Waals surface area contributed by atoms with Crippen molar-refractivity contribution in [1.82, 2.24) is 0 Å². The summed E-state index contributed by atoms with van der Waals surface area (Å²) in [5.41, 5.74) is 0. The van der Waals surface area contributed by atoms with Crippen molar-refractivity contribution in [1.29, 1.82) is 0 Å². The third kappa shape index (κ3) is 1.34. The lowest BCUT2D eigenvalue weighted by molar-refractivity contribution is -0.137. The van der Waals surface area contributed by atoms with Crippen LogP contribution in [0.1, 0.15) is 20.3 Å². The fourth-order valence-electron chi connectivity index (χ4n) is 1.00. The van der Waals surface area contributed by atoms with Gasteiger partial charge in [0, 0.05) is 6.42 Å². The van der Waals surface area contributed by atoms with Gasteiger partial charge in [-0.3, -0.25) is 4.79 Å². The monoisotopic (exact) mass is 158 g/mol. The fraction of sp³-hybridized carbons (Fsp3) is 0.714. The number of carbonyl (C=O) groups excluding carboxylic acids is 1. The van der Waals surface area contributed by atoms with Crippen LogP contribution in [0.15, 0.2) is 0 Å². The summed E-state index contributed by atoms with van der Waals surface area (Å²) in [6.07, 6.45) is 0.631. The van der Waals surface area contributed by atoms with Crippen LogP contribution in [0.25, 0.3) is 0 Å². The standard InChI is InChI=1S/C7H10O2S/c1-4(2)5-3-6(10)9-7(5)8/h4-5H,3H2,1-2H3. The summed E-state index contributed by atoms with van der Waals surface area (Å²) in [7, 11) is 0. The molecule has 56 valence electrons. The minimum atomic E-state index is -0.153. The van der Waals surface area contributed by atoms with E-state index in [1.165, 1.54) is 0 Å². The van der Waals surface area contributed by atoms with Gasteiger partial charge in [-0.25, -0.2) is 0 Å². The van der Waals surface area contributed by atoms with Gasteiger partial charge in [-0.1, -0.05) is 13.8 Å². The van der Waals surface area contributed by atoms with Crippen LogP contribution in [0.3, 0.4) is 0 Å². The van der Waals surface area contributed by atoms with Crippen LogP contribution in [0.2, 0.25) is 0 Å². The Bertz CT molecular complexity index is 174. The van der Waals surface area contributed by atoms with Gasteiger partial charge >= 0.3 is 5.97 Å². The normalized spacial score (nSPS) is 25.7.